The Balaban J connectivity index is 1.77. The molecule has 3 aromatic heterocycles. The van der Waals surface area contributed by atoms with Crippen LogP contribution in [0.1, 0.15) is 23.7 Å². The minimum atomic E-state index is -0.188. The molecule has 0 aliphatic heterocycles. The maximum atomic E-state index is 13.2. The minimum Gasteiger partial charge on any atom is -0.320 e. The Morgan fingerprint density at radius 2 is 1.86 bits per heavy atom. The van der Waals surface area contributed by atoms with Gasteiger partial charge in [0.05, 0.1) is 16.6 Å². The molecule has 1 unspecified atom stereocenters. The number of para-hydroxylation sites is 1. The molecule has 0 saturated carbocycles. The first-order valence-corrected chi connectivity index (χ1v) is 9.50. The van der Waals surface area contributed by atoms with Crippen LogP contribution in [0.15, 0.2) is 46.6 Å². The van der Waals surface area contributed by atoms with Crippen molar-refractivity contribution in [2.45, 2.75) is 24.3 Å². The van der Waals surface area contributed by atoms with E-state index in [9.17, 15) is 4.79 Å². The average Bonchev–Trinajstić information content (AvgIpc) is 3.36. The predicted octanol–water partition coefficient (Wildman–Crippen LogP) is 1.44. The van der Waals surface area contributed by atoms with Crippen molar-refractivity contribution in [3.8, 4) is 11.4 Å². The fraction of sp³-hybridized carbons (Fsp3) is 0.294. The first kappa shape index (κ1) is 18.2. The average molecular weight is 397 g/mol. The number of thioether (sulfide) groups is 1. The minimum absolute atomic E-state index is 0.0439. The van der Waals surface area contributed by atoms with Crippen molar-refractivity contribution in [2.75, 3.05) is 0 Å². The van der Waals surface area contributed by atoms with Gasteiger partial charge in [0.2, 0.25) is 5.16 Å². The third-order valence-electron chi connectivity index (χ3n) is 4.57. The molecule has 1 aromatic carbocycles. The van der Waals surface area contributed by atoms with Crippen LogP contribution < -0.4 is 5.56 Å². The van der Waals surface area contributed by atoms with Gasteiger partial charge in [0.15, 0.2) is 5.69 Å². The third-order valence-corrected chi connectivity index (χ3v) is 5.60. The Bertz CT molecular complexity index is 1170. The standard InChI is InChI=1S/C17H19N9OS/c1-11-14(16(27)26(24(11)4)13-8-6-5-7-9-13)25-17(20-21-22-25)28-12(2)15-19-18-10-23(15)3/h5-10,12H,1-4H3. The Morgan fingerprint density at radius 3 is 2.54 bits per heavy atom. The molecule has 0 N–H and O–H groups in total. The third kappa shape index (κ3) is 2.93. The van der Waals surface area contributed by atoms with Gasteiger partial charge < -0.3 is 4.57 Å². The van der Waals surface area contributed by atoms with E-state index in [1.54, 1.807) is 15.7 Å². The predicted molar refractivity (Wildman–Crippen MR) is 104 cm³/mol. The number of rotatable bonds is 5. The molecule has 0 bridgehead atoms. The molecule has 11 heteroatoms. The Labute approximate surface area is 164 Å². The van der Waals surface area contributed by atoms with Crippen LogP contribution in [-0.4, -0.2) is 44.3 Å². The van der Waals surface area contributed by atoms with Crippen LogP contribution in [0.4, 0.5) is 0 Å². The Hall–Kier alpha value is -3.21. The smallest absolute Gasteiger partial charge is 0.297 e. The zero-order chi connectivity index (χ0) is 19.8. The quantitative estimate of drug-likeness (QED) is 0.470. The Kier molecular flexibility index (Phi) is 4.59. The fourth-order valence-electron chi connectivity index (χ4n) is 3.06. The van der Waals surface area contributed by atoms with E-state index in [1.165, 1.54) is 16.4 Å². The molecule has 0 amide bonds. The molecule has 4 aromatic rings. The van der Waals surface area contributed by atoms with Crippen LogP contribution in [0.5, 0.6) is 0 Å². The highest BCUT2D eigenvalue weighted by atomic mass is 32.2. The van der Waals surface area contributed by atoms with Crippen LogP contribution >= 0.6 is 11.8 Å². The number of aryl methyl sites for hydroxylation is 1. The van der Waals surface area contributed by atoms with Gasteiger partial charge in [-0.15, -0.1) is 15.3 Å². The van der Waals surface area contributed by atoms with Gasteiger partial charge in [-0.3, -0.25) is 9.48 Å². The summed E-state index contributed by atoms with van der Waals surface area (Å²) in [5.41, 5.74) is 1.77. The van der Waals surface area contributed by atoms with E-state index in [0.29, 0.717) is 10.8 Å². The first-order valence-electron chi connectivity index (χ1n) is 8.62. The van der Waals surface area contributed by atoms with Crippen molar-refractivity contribution in [3.63, 3.8) is 0 Å². The highest BCUT2D eigenvalue weighted by Crippen LogP contribution is 2.32. The van der Waals surface area contributed by atoms with Gasteiger partial charge in [-0.05, 0) is 36.4 Å². The van der Waals surface area contributed by atoms with E-state index < -0.39 is 0 Å². The summed E-state index contributed by atoms with van der Waals surface area (Å²) >= 11 is 1.42. The van der Waals surface area contributed by atoms with Crippen molar-refractivity contribution >= 4 is 11.8 Å². The topological polar surface area (TPSA) is 101 Å². The largest absolute Gasteiger partial charge is 0.320 e. The second-order valence-electron chi connectivity index (χ2n) is 6.34. The summed E-state index contributed by atoms with van der Waals surface area (Å²) in [5, 5.41) is 20.5. The van der Waals surface area contributed by atoms with Crippen LogP contribution in [0.2, 0.25) is 0 Å². The van der Waals surface area contributed by atoms with Crippen LogP contribution in [0, 0.1) is 6.92 Å². The van der Waals surface area contributed by atoms with E-state index in [-0.39, 0.29) is 10.8 Å². The zero-order valence-electron chi connectivity index (χ0n) is 15.9. The molecule has 144 valence electrons. The molecule has 4 rings (SSSR count). The summed E-state index contributed by atoms with van der Waals surface area (Å²) in [6.07, 6.45) is 1.65. The highest BCUT2D eigenvalue weighted by Gasteiger charge is 2.24. The molecule has 3 heterocycles. The SMILES string of the molecule is Cc1c(-n2nnnc2SC(C)c2nncn2C)c(=O)n(-c2ccccc2)n1C. The Morgan fingerprint density at radius 1 is 1.11 bits per heavy atom. The molecule has 0 aliphatic carbocycles. The van der Waals surface area contributed by atoms with E-state index in [1.807, 2.05) is 62.8 Å². The van der Waals surface area contributed by atoms with E-state index in [2.05, 4.69) is 25.7 Å². The van der Waals surface area contributed by atoms with E-state index in [4.69, 9.17) is 0 Å². The molecule has 0 spiro atoms. The number of tetrazole rings is 1. The molecule has 0 radical (unpaired) electrons. The molecule has 10 nitrogen and oxygen atoms in total. The summed E-state index contributed by atoms with van der Waals surface area (Å²) in [5.74, 6) is 0.797. The van der Waals surface area contributed by atoms with Crippen LogP contribution in [0.3, 0.4) is 0 Å². The highest BCUT2D eigenvalue weighted by molar-refractivity contribution is 7.99. The molecule has 0 fully saturated rings. The lowest BCUT2D eigenvalue weighted by molar-refractivity contribution is 0.630. The molecule has 28 heavy (non-hydrogen) atoms. The molecular formula is C17H19N9OS. The summed E-state index contributed by atoms with van der Waals surface area (Å²) in [6, 6.07) is 9.47. The number of benzene rings is 1. The van der Waals surface area contributed by atoms with Crippen LogP contribution in [-0.2, 0) is 14.1 Å². The maximum Gasteiger partial charge on any atom is 0.297 e. The zero-order valence-corrected chi connectivity index (χ0v) is 16.7. The molecule has 1 atom stereocenters. The number of hydrogen-bond acceptors (Lipinski definition) is 7. The van der Waals surface area contributed by atoms with Gasteiger partial charge in [-0.2, -0.15) is 4.68 Å². The van der Waals surface area contributed by atoms with Gasteiger partial charge in [0.1, 0.15) is 12.2 Å². The number of hydrogen-bond donors (Lipinski definition) is 0. The second-order valence-corrected chi connectivity index (χ2v) is 7.65. The van der Waals surface area contributed by atoms with Crippen molar-refractivity contribution in [3.05, 3.63) is 58.5 Å². The molecular weight excluding hydrogens is 378 g/mol. The van der Waals surface area contributed by atoms with E-state index in [0.717, 1.165) is 17.2 Å². The summed E-state index contributed by atoms with van der Waals surface area (Å²) in [4.78, 5) is 13.2. The molecule has 0 saturated heterocycles. The lowest BCUT2D eigenvalue weighted by Crippen LogP contribution is -2.22. The number of nitrogens with zero attached hydrogens (tertiary/aromatic N) is 9. The normalized spacial score (nSPS) is 12.4. The van der Waals surface area contributed by atoms with Gasteiger partial charge >= 0.3 is 0 Å². The summed E-state index contributed by atoms with van der Waals surface area (Å²) in [7, 11) is 3.72. The van der Waals surface area contributed by atoms with Gasteiger partial charge in [-0.1, -0.05) is 30.0 Å². The second kappa shape index (κ2) is 7.08. The number of aromatic nitrogens is 9. The summed E-state index contributed by atoms with van der Waals surface area (Å²) < 4.78 is 6.75. The van der Waals surface area contributed by atoms with Crippen molar-refractivity contribution < 1.29 is 0 Å². The summed E-state index contributed by atoms with van der Waals surface area (Å²) in [6.45, 7) is 3.87. The van der Waals surface area contributed by atoms with Crippen LogP contribution in [0.25, 0.3) is 11.4 Å². The van der Waals surface area contributed by atoms with Gasteiger partial charge in [-0.25, -0.2) is 4.68 Å². The lowest BCUT2D eigenvalue weighted by atomic mass is 10.3. The monoisotopic (exact) mass is 397 g/mol. The maximum absolute atomic E-state index is 13.2. The van der Waals surface area contributed by atoms with E-state index >= 15 is 0 Å². The first-order chi connectivity index (χ1) is 13.5. The van der Waals surface area contributed by atoms with Crippen molar-refractivity contribution in [1.29, 1.82) is 0 Å². The molecule has 0 aliphatic rings. The van der Waals surface area contributed by atoms with Gasteiger partial charge in [0, 0.05) is 14.1 Å². The lowest BCUT2D eigenvalue weighted by Gasteiger charge is -2.09. The van der Waals surface area contributed by atoms with Crippen molar-refractivity contribution in [2.24, 2.45) is 14.1 Å². The van der Waals surface area contributed by atoms with Crippen molar-refractivity contribution in [1.82, 2.24) is 44.3 Å². The fourth-order valence-corrected chi connectivity index (χ4v) is 4.01. The van der Waals surface area contributed by atoms with Gasteiger partial charge in [0.25, 0.3) is 5.56 Å².